The molecule has 6 heteroatoms. The van der Waals surface area contributed by atoms with Gasteiger partial charge >= 0.3 is 0 Å². The minimum atomic E-state index is -0.608. The van der Waals surface area contributed by atoms with Crippen molar-refractivity contribution in [1.82, 2.24) is 10.2 Å². The van der Waals surface area contributed by atoms with E-state index in [0.29, 0.717) is 23.7 Å². The highest BCUT2D eigenvalue weighted by atomic mass is 35.5. The molecule has 4 nitrogen and oxygen atoms in total. The lowest BCUT2D eigenvalue weighted by atomic mass is 10.0. The van der Waals surface area contributed by atoms with Crippen LogP contribution in [-0.4, -0.2) is 34.6 Å². The highest BCUT2D eigenvalue weighted by Gasteiger charge is 2.30. The highest BCUT2D eigenvalue weighted by molar-refractivity contribution is 7.99. The standard InChI is InChI=1S/C29H33ClN2O2S/c1-21(2)31-29(34)27(17-23-10-5-4-6-11-23)32(18-25-12-8-7-9-22(25)3)28(33)20-35-19-24-13-15-26(30)16-14-24/h4-16,21,27H,17-20H2,1-3H3,(H,31,34). The van der Waals surface area contributed by atoms with Gasteiger partial charge in [-0.05, 0) is 55.2 Å². The number of rotatable bonds is 11. The molecule has 35 heavy (non-hydrogen) atoms. The molecular formula is C29H33ClN2O2S. The van der Waals surface area contributed by atoms with E-state index in [2.05, 4.69) is 5.32 Å². The zero-order valence-electron chi connectivity index (χ0n) is 20.5. The van der Waals surface area contributed by atoms with Gasteiger partial charge in [0.05, 0.1) is 5.75 Å². The Kier molecular flexibility index (Phi) is 10.2. The number of hydrogen-bond acceptors (Lipinski definition) is 3. The summed E-state index contributed by atoms with van der Waals surface area (Å²) in [6.07, 6.45) is 0.457. The van der Waals surface area contributed by atoms with E-state index in [1.807, 2.05) is 99.6 Å². The number of thioether (sulfide) groups is 1. The van der Waals surface area contributed by atoms with Gasteiger partial charge in [0.2, 0.25) is 11.8 Å². The van der Waals surface area contributed by atoms with Crippen LogP contribution >= 0.6 is 23.4 Å². The number of nitrogens with zero attached hydrogens (tertiary/aromatic N) is 1. The molecule has 0 radical (unpaired) electrons. The number of nitrogens with one attached hydrogen (secondary N) is 1. The molecule has 0 aliphatic rings. The van der Waals surface area contributed by atoms with Crippen molar-refractivity contribution >= 4 is 35.2 Å². The fourth-order valence-electron chi connectivity index (χ4n) is 3.83. The van der Waals surface area contributed by atoms with Crippen LogP contribution in [0.4, 0.5) is 0 Å². The van der Waals surface area contributed by atoms with E-state index in [-0.39, 0.29) is 23.6 Å². The maximum Gasteiger partial charge on any atom is 0.243 e. The summed E-state index contributed by atoms with van der Waals surface area (Å²) in [4.78, 5) is 28.8. The first kappa shape index (κ1) is 26.8. The Morgan fingerprint density at radius 2 is 1.57 bits per heavy atom. The molecule has 0 saturated carbocycles. The molecule has 0 spiro atoms. The number of hydrogen-bond donors (Lipinski definition) is 1. The van der Waals surface area contributed by atoms with E-state index >= 15 is 0 Å². The Balaban J connectivity index is 1.85. The molecule has 0 aliphatic carbocycles. The predicted octanol–water partition coefficient (Wildman–Crippen LogP) is 6.05. The highest BCUT2D eigenvalue weighted by Crippen LogP contribution is 2.20. The van der Waals surface area contributed by atoms with Crippen LogP contribution in [0.25, 0.3) is 0 Å². The van der Waals surface area contributed by atoms with Crippen molar-refractivity contribution in [3.8, 4) is 0 Å². The number of amides is 2. The van der Waals surface area contributed by atoms with Crippen LogP contribution in [-0.2, 0) is 28.3 Å². The monoisotopic (exact) mass is 508 g/mol. The van der Waals surface area contributed by atoms with E-state index in [1.54, 1.807) is 16.7 Å². The van der Waals surface area contributed by atoms with Crippen molar-refractivity contribution in [2.45, 2.75) is 51.6 Å². The topological polar surface area (TPSA) is 49.4 Å². The van der Waals surface area contributed by atoms with Gasteiger partial charge in [-0.2, -0.15) is 0 Å². The van der Waals surface area contributed by atoms with Gasteiger partial charge < -0.3 is 10.2 Å². The molecular weight excluding hydrogens is 476 g/mol. The van der Waals surface area contributed by atoms with E-state index in [0.717, 1.165) is 22.3 Å². The van der Waals surface area contributed by atoms with E-state index in [9.17, 15) is 9.59 Å². The third-order valence-corrected chi connectivity index (χ3v) is 6.95. The van der Waals surface area contributed by atoms with Crippen molar-refractivity contribution in [1.29, 1.82) is 0 Å². The molecule has 0 heterocycles. The minimum absolute atomic E-state index is 0.0181. The molecule has 0 aliphatic heterocycles. The summed E-state index contributed by atoms with van der Waals surface area (Å²) in [6, 6.07) is 24.9. The third kappa shape index (κ3) is 8.44. The maximum absolute atomic E-state index is 13.6. The number of halogens is 1. The predicted molar refractivity (Wildman–Crippen MR) is 147 cm³/mol. The average Bonchev–Trinajstić information content (AvgIpc) is 2.83. The summed E-state index contributed by atoms with van der Waals surface area (Å²) in [7, 11) is 0. The fourth-order valence-corrected chi connectivity index (χ4v) is 4.82. The van der Waals surface area contributed by atoms with Gasteiger partial charge in [0.15, 0.2) is 0 Å². The normalized spacial score (nSPS) is 11.8. The van der Waals surface area contributed by atoms with Crippen LogP contribution < -0.4 is 5.32 Å². The third-order valence-electron chi connectivity index (χ3n) is 5.71. The van der Waals surface area contributed by atoms with Crippen LogP contribution in [0.15, 0.2) is 78.9 Å². The van der Waals surface area contributed by atoms with Crippen LogP contribution in [0, 0.1) is 6.92 Å². The average molecular weight is 509 g/mol. The maximum atomic E-state index is 13.6. The Labute approximate surface area is 218 Å². The molecule has 2 amide bonds. The smallest absolute Gasteiger partial charge is 0.243 e. The molecule has 3 aromatic carbocycles. The van der Waals surface area contributed by atoms with Crippen LogP contribution in [0.3, 0.4) is 0 Å². The quantitative estimate of drug-likeness (QED) is 0.343. The molecule has 1 atom stereocenters. The zero-order valence-corrected chi connectivity index (χ0v) is 22.1. The molecule has 184 valence electrons. The summed E-state index contributed by atoms with van der Waals surface area (Å²) in [6.45, 7) is 6.30. The Bertz CT molecular complexity index is 1100. The molecule has 0 aromatic heterocycles. The van der Waals surface area contributed by atoms with E-state index in [4.69, 9.17) is 11.6 Å². The van der Waals surface area contributed by atoms with Crippen molar-refractivity contribution in [3.63, 3.8) is 0 Å². The Hall–Kier alpha value is -2.76. The summed E-state index contributed by atoms with van der Waals surface area (Å²) >= 11 is 7.54. The van der Waals surface area contributed by atoms with Crippen molar-refractivity contribution in [2.24, 2.45) is 0 Å². The first-order valence-electron chi connectivity index (χ1n) is 11.8. The van der Waals surface area contributed by atoms with Crippen LogP contribution in [0.5, 0.6) is 0 Å². The zero-order chi connectivity index (χ0) is 25.2. The number of carbonyl (C=O) groups excluding carboxylic acids is 2. The first-order valence-corrected chi connectivity index (χ1v) is 13.4. The summed E-state index contributed by atoms with van der Waals surface area (Å²) in [5.41, 5.74) is 4.27. The van der Waals surface area contributed by atoms with E-state index < -0.39 is 6.04 Å². The number of benzene rings is 3. The molecule has 0 fully saturated rings. The molecule has 3 aromatic rings. The molecule has 0 bridgehead atoms. The lowest BCUT2D eigenvalue weighted by molar-refractivity contribution is -0.139. The van der Waals surface area contributed by atoms with Gasteiger partial charge in [0.1, 0.15) is 6.04 Å². The summed E-state index contributed by atoms with van der Waals surface area (Å²) in [5.74, 6) is 0.803. The van der Waals surface area contributed by atoms with E-state index in [1.165, 1.54) is 0 Å². The van der Waals surface area contributed by atoms with Crippen molar-refractivity contribution < 1.29 is 9.59 Å². The van der Waals surface area contributed by atoms with Crippen LogP contribution in [0.2, 0.25) is 5.02 Å². The SMILES string of the molecule is Cc1ccccc1CN(C(=O)CSCc1ccc(Cl)cc1)C(Cc1ccccc1)C(=O)NC(C)C. The number of aryl methyl sites for hydroxylation is 1. The molecule has 3 rings (SSSR count). The lowest BCUT2D eigenvalue weighted by Crippen LogP contribution is -2.52. The molecule has 1 N–H and O–H groups in total. The summed E-state index contributed by atoms with van der Waals surface area (Å²) < 4.78 is 0. The van der Waals surface area contributed by atoms with Gasteiger partial charge in [-0.15, -0.1) is 11.8 Å². The van der Waals surface area contributed by atoms with Gasteiger partial charge in [0.25, 0.3) is 0 Å². The molecule has 1 unspecified atom stereocenters. The second-order valence-electron chi connectivity index (χ2n) is 8.94. The Morgan fingerprint density at radius 3 is 2.23 bits per heavy atom. The second kappa shape index (κ2) is 13.4. The Morgan fingerprint density at radius 1 is 0.914 bits per heavy atom. The largest absolute Gasteiger partial charge is 0.352 e. The minimum Gasteiger partial charge on any atom is -0.352 e. The molecule has 0 saturated heterocycles. The summed E-state index contributed by atoms with van der Waals surface area (Å²) in [5, 5.41) is 3.73. The number of carbonyl (C=O) groups is 2. The van der Waals surface area contributed by atoms with Gasteiger partial charge in [0, 0.05) is 29.8 Å². The van der Waals surface area contributed by atoms with Gasteiger partial charge in [-0.3, -0.25) is 9.59 Å². The fraction of sp³-hybridized carbons (Fsp3) is 0.310. The van der Waals surface area contributed by atoms with Gasteiger partial charge in [-0.25, -0.2) is 0 Å². The van der Waals surface area contributed by atoms with Gasteiger partial charge in [-0.1, -0.05) is 78.3 Å². The van der Waals surface area contributed by atoms with Crippen molar-refractivity contribution in [3.05, 3.63) is 106 Å². The first-order chi connectivity index (χ1) is 16.8. The second-order valence-corrected chi connectivity index (χ2v) is 10.4. The van der Waals surface area contributed by atoms with Crippen LogP contribution in [0.1, 0.15) is 36.1 Å². The lowest BCUT2D eigenvalue weighted by Gasteiger charge is -2.32. The van der Waals surface area contributed by atoms with Crippen molar-refractivity contribution in [2.75, 3.05) is 5.75 Å².